The first kappa shape index (κ1) is 18.8. The van der Waals surface area contributed by atoms with Crippen LogP contribution in [0.5, 0.6) is 11.5 Å². The van der Waals surface area contributed by atoms with Crippen LogP contribution in [0.25, 0.3) is 6.08 Å². The lowest BCUT2D eigenvalue weighted by Crippen LogP contribution is -2.09. The Kier molecular flexibility index (Phi) is 5.49. The topological polar surface area (TPSA) is 52.6 Å². The van der Waals surface area contributed by atoms with Crippen LogP contribution in [0.2, 0.25) is 5.02 Å². The van der Waals surface area contributed by atoms with Crippen LogP contribution in [0.15, 0.2) is 48.2 Å². The largest absolute Gasteiger partial charge is 0.452 e. The van der Waals surface area contributed by atoms with Crippen molar-refractivity contribution < 1.29 is 19.1 Å². The average molecular weight is 397 g/mol. The number of carbonyl (C=O) groups excluding carboxylic acids is 2. The van der Waals surface area contributed by atoms with Crippen LogP contribution in [0.1, 0.15) is 54.4 Å². The second-order valence-corrected chi connectivity index (χ2v) is 7.69. The van der Waals surface area contributed by atoms with Crippen LogP contribution < -0.4 is 9.47 Å². The Labute approximate surface area is 169 Å². The Morgan fingerprint density at radius 2 is 1.96 bits per heavy atom. The number of esters is 1. The monoisotopic (exact) mass is 396 g/mol. The van der Waals surface area contributed by atoms with Gasteiger partial charge in [-0.1, -0.05) is 55.5 Å². The average Bonchev–Trinajstić information content (AvgIpc) is 3.30. The molecule has 2 aliphatic rings. The summed E-state index contributed by atoms with van der Waals surface area (Å²) in [5.41, 5.74) is 1.16. The molecule has 0 unspecified atom stereocenters. The maximum absolute atomic E-state index is 12.6. The Morgan fingerprint density at radius 1 is 1.18 bits per heavy atom. The van der Waals surface area contributed by atoms with Crippen LogP contribution in [-0.4, -0.2) is 11.8 Å². The first-order chi connectivity index (χ1) is 13.6. The molecule has 1 fully saturated rings. The van der Waals surface area contributed by atoms with E-state index in [0.717, 1.165) is 6.42 Å². The van der Waals surface area contributed by atoms with E-state index in [2.05, 4.69) is 0 Å². The lowest BCUT2D eigenvalue weighted by Gasteiger charge is -2.09. The third-order valence-corrected chi connectivity index (χ3v) is 5.64. The summed E-state index contributed by atoms with van der Waals surface area (Å²) in [6, 6.07) is 12.1. The molecular weight excluding hydrogens is 376 g/mol. The lowest BCUT2D eigenvalue weighted by atomic mass is 10.0. The summed E-state index contributed by atoms with van der Waals surface area (Å²) in [6.45, 7) is 0. The third-order valence-electron chi connectivity index (χ3n) is 5.30. The van der Waals surface area contributed by atoms with Crippen LogP contribution in [-0.2, 0) is 4.79 Å². The van der Waals surface area contributed by atoms with E-state index in [1.807, 2.05) is 18.2 Å². The first-order valence-corrected chi connectivity index (χ1v) is 10.0. The predicted molar refractivity (Wildman–Crippen MR) is 108 cm³/mol. The molecule has 0 N–H and O–H groups in total. The van der Waals surface area contributed by atoms with Crippen molar-refractivity contribution in [3.8, 4) is 11.5 Å². The molecule has 0 spiro atoms. The highest BCUT2D eigenvalue weighted by atomic mass is 35.5. The molecule has 0 aromatic heterocycles. The molecule has 0 saturated heterocycles. The molecule has 0 bridgehead atoms. The number of ether oxygens (including phenoxy) is 2. The van der Waals surface area contributed by atoms with Crippen LogP contribution in [0, 0.1) is 5.92 Å². The van der Waals surface area contributed by atoms with Gasteiger partial charge in [-0.25, -0.2) is 0 Å². The van der Waals surface area contributed by atoms with Gasteiger partial charge in [-0.05, 0) is 42.2 Å². The number of ketones is 1. The molecule has 0 amide bonds. The maximum atomic E-state index is 12.6. The zero-order valence-corrected chi connectivity index (χ0v) is 16.2. The van der Waals surface area contributed by atoms with Gasteiger partial charge in [0.15, 0.2) is 5.76 Å². The van der Waals surface area contributed by atoms with Gasteiger partial charge in [0.25, 0.3) is 0 Å². The van der Waals surface area contributed by atoms with Crippen molar-refractivity contribution in [2.45, 2.75) is 38.5 Å². The van der Waals surface area contributed by atoms with Crippen molar-refractivity contribution in [1.82, 2.24) is 0 Å². The van der Waals surface area contributed by atoms with Gasteiger partial charge in [-0.2, -0.15) is 0 Å². The molecule has 4 rings (SSSR count). The van der Waals surface area contributed by atoms with Crippen molar-refractivity contribution in [3.05, 3.63) is 64.4 Å². The minimum atomic E-state index is -0.247. The van der Waals surface area contributed by atoms with Crippen molar-refractivity contribution >= 4 is 29.4 Å². The molecule has 1 saturated carbocycles. The van der Waals surface area contributed by atoms with Crippen LogP contribution in [0.4, 0.5) is 0 Å². The zero-order chi connectivity index (χ0) is 19.5. The predicted octanol–water partition coefficient (Wildman–Crippen LogP) is 5.83. The standard InChI is InChI=1S/C23H21ClO4/c24-19-8-4-3-7-16(19)13-21-23(26)18-11-10-17(14-20(18)28-21)27-22(25)12-9-15-5-1-2-6-15/h3-4,7-8,10-11,13-15H,1-2,5-6,9,12H2/b21-13-. The minimum absolute atomic E-state index is 0.202. The van der Waals surface area contributed by atoms with Gasteiger partial charge in [0, 0.05) is 17.5 Å². The number of rotatable bonds is 5. The highest BCUT2D eigenvalue weighted by molar-refractivity contribution is 6.32. The number of hydrogen-bond donors (Lipinski definition) is 0. The fraction of sp³-hybridized carbons (Fsp3) is 0.304. The van der Waals surface area contributed by atoms with Crippen molar-refractivity contribution in [2.24, 2.45) is 5.92 Å². The fourth-order valence-electron chi connectivity index (χ4n) is 3.77. The number of hydrogen-bond acceptors (Lipinski definition) is 4. The maximum Gasteiger partial charge on any atom is 0.311 e. The van der Waals surface area contributed by atoms with Gasteiger partial charge in [-0.3, -0.25) is 9.59 Å². The molecule has 28 heavy (non-hydrogen) atoms. The zero-order valence-electron chi connectivity index (χ0n) is 15.4. The van der Waals surface area contributed by atoms with Gasteiger partial charge >= 0.3 is 5.97 Å². The Balaban J connectivity index is 1.43. The second-order valence-electron chi connectivity index (χ2n) is 7.28. The lowest BCUT2D eigenvalue weighted by molar-refractivity contribution is -0.134. The van der Waals surface area contributed by atoms with Crippen molar-refractivity contribution in [1.29, 1.82) is 0 Å². The van der Waals surface area contributed by atoms with E-state index in [1.54, 1.807) is 30.3 Å². The fourth-order valence-corrected chi connectivity index (χ4v) is 3.96. The highest BCUT2D eigenvalue weighted by Crippen LogP contribution is 2.36. The van der Waals surface area contributed by atoms with E-state index in [4.69, 9.17) is 21.1 Å². The van der Waals surface area contributed by atoms with Crippen molar-refractivity contribution in [2.75, 3.05) is 0 Å². The highest BCUT2D eigenvalue weighted by Gasteiger charge is 2.28. The molecule has 1 heterocycles. The van der Waals surface area contributed by atoms with E-state index in [1.165, 1.54) is 25.7 Å². The molecule has 0 radical (unpaired) electrons. The van der Waals surface area contributed by atoms with E-state index in [9.17, 15) is 9.59 Å². The van der Waals surface area contributed by atoms with Gasteiger partial charge in [-0.15, -0.1) is 0 Å². The molecule has 1 aliphatic carbocycles. The van der Waals surface area contributed by atoms with Crippen LogP contribution >= 0.6 is 11.6 Å². The minimum Gasteiger partial charge on any atom is -0.452 e. The third kappa shape index (κ3) is 4.12. The summed E-state index contributed by atoms with van der Waals surface area (Å²) < 4.78 is 11.1. The number of fused-ring (bicyclic) bond motifs is 1. The second kappa shape index (κ2) is 8.19. The molecule has 144 valence electrons. The number of Topliss-reactive ketones (excluding diaryl/α,β-unsaturated/α-hetero) is 1. The molecular formula is C23H21ClO4. The quantitative estimate of drug-likeness (QED) is 0.362. The molecule has 2 aromatic carbocycles. The van der Waals surface area contributed by atoms with E-state index < -0.39 is 0 Å². The SMILES string of the molecule is O=C(CCC1CCCC1)Oc1ccc2c(c1)O/C(=C\c1ccccc1Cl)C2=O. The Morgan fingerprint density at radius 3 is 2.75 bits per heavy atom. The summed E-state index contributed by atoms with van der Waals surface area (Å²) in [5.74, 6) is 1.17. The normalized spacial score (nSPS) is 17.6. The van der Waals surface area contributed by atoms with E-state index >= 15 is 0 Å². The molecule has 1 aliphatic heterocycles. The van der Waals surface area contributed by atoms with Gasteiger partial charge in [0.2, 0.25) is 5.78 Å². The molecule has 4 nitrogen and oxygen atoms in total. The Bertz CT molecular complexity index is 941. The molecule has 2 aromatic rings. The first-order valence-electron chi connectivity index (χ1n) is 9.63. The number of carbonyl (C=O) groups is 2. The summed E-state index contributed by atoms with van der Waals surface area (Å²) in [4.78, 5) is 24.7. The molecule has 0 atom stereocenters. The molecule has 5 heteroatoms. The Hall–Kier alpha value is -2.59. The summed E-state index contributed by atoms with van der Waals surface area (Å²) in [6.07, 6.45) is 7.87. The van der Waals surface area contributed by atoms with Gasteiger partial charge in [0.05, 0.1) is 5.56 Å². The van der Waals surface area contributed by atoms with E-state index in [-0.39, 0.29) is 17.5 Å². The van der Waals surface area contributed by atoms with Gasteiger partial charge < -0.3 is 9.47 Å². The van der Waals surface area contributed by atoms with Gasteiger partial charge in [0.1, 0.15) is 11.5 Å². The van der Waals surface area contributed by atoms with E-state index in [0.29, 0.717) is 40.0 Å². The number of halogens is 1. The number of allylic oxidation sites excluding steroid dienone is 1. The van der Waals surface area contributed by atoms with Crippen LogP contribution in [0.3, 0.4) is 0 Å². The summed E-state index contributed by atoms with van der Waals surface area (Å²) in [5, 5.41) is 0.541. The summed E-state index contributed by atoms with van der Waals surface area (Å²) >= 11 is 6.15. The summed E-state index contributed by atoms with van der Waals surface area (Å²) in [7, 11) is 0. The number of benzene rings is 2. The van der Waals surface area contributed by atoms with Crippen molar-refractivity contribution in [3.63, 3.8) is 0 Å². The smallest absolute Gasteiger partial charge is 0.311 e.